The highest BCUT2D eigenvalue weighted by Crippen LogP contribution is 2.69. The lowest BCUT2D eigenvalue weighted by Gasteiger charge is -2.58. The number of hydrogen-bond acceptors (Lipinski definition) is 3. The summed E-state index contributed by atoms with van der Waals surface area (Å²) in [4.78, 5) is 0. The normalized spacial score (nSPS) is 58.9. The average Bonchev–Trinajstić information content (AvgIpc) is 3.18. The van der Waals surface area contributed by atoms with E-state index in [4.69, 9.17) is 9.47 Å². The summed E-state index contributed by atoms with van der Waals surface area (Å²) < 4.78 is 13.1. The first-order chi connectivity index (χ1) is 13.8. The molecule has 3 saturated carbocycles. The molecule has 4 aliphatic carbocycles. The molecule has 0 bridgehead atoms. The molecule has 0 amide bonds. The Morgan fingerprint density at radius 3 is 2.69 bits per heavy atom. The highest BCUT2D eigenvalue weighted by atomic mass is 16.7. The van der Waals surface area contributed by atoms with E-state index in [1.54, 1.807) is 5.57 Å². The number of aliphatic hydroxyl groups is 1. The molecule has 6 aliphatic rings. The summed E-state index contributed by atoms with van der Waals surface area (Å²) in [5, 5.41) is 10.2. The van der Waals surface area contributed by atoms with Crippen LogP contribution in [0.3, 0.4) is 0 Å². The fraction of sp³-hybridized carbons (Fsp3) is 0.923. The lowest BCUT2D eigenvalue weighted by Crippen LogP contribution is -2.51. The van der Waals surface area contributed by atoms with Crippen LogP contribution in [0.1, 0.15) is 85.0 Å². The van der Waals surface area contributed by atoms with Crippen molar-refractivity contribution >= 4 is 0 Å². The summed E-state index contributed by atoms with van der Waals surface area (Å²) in [6.07, 6.45) is 14.7. The number of fused-ring (bicyclic) bond motifs is 7. The van der Waals surface area contributed by atoms with Gasteiger partial charge in [0.05, 0.1) is 18.8 Å². The van der Waals surface area contributed by atoms with Crippen LogP contribution < -0.4 is 0 Å². The summed E-state index contributed by atoms with van der Waals surface area (Å²) >= 11 is 0. The van der Waals surface area contributed by atoms with Crippen LogP contribution in [0.25, 0.3) is 0 Å². The largest absolute Gasteiger partial charge is 0.393 e. The molecule has 1 N–H and O–H groups in total. The van der Waals surface area contributed by atoms with Crippen molar-refractivity contribution in [2.24, 2.45) is 40.4 Å². The maximum atomic E-state index is 10.2. The van der Waals surface area contributed by atoms with Crippen LogP contribution in [0.5, 0.6) is 0 Å². The fourth-order valence-corrected chi connectivity index (χ4v) is 9.06. The van der Waals surface area contributed by atoms with Gasteiger partial charge in [0, 0.05) is 12.8 Å². The number of aliphatic hydroxyl groups excluding tert-OH is 1. The Morgan fingerprint density at radius 1 is 1.03 bits per heavy atom. The third-order valence-electron chi connectivity index (χ3n) is 10.8. The van der Waals surface area contributed by atoms with Gasteiger partial charge in [-0.1, -0.05) is 32.4 Å². The van der Waals surface area contributed by atoms with E-state index in [1.807, 2.05) is 0 Å². The predicted octanol–water partition coefficient (Wildman–Crippen LogP) is 5.47. The minimum atomic E-state index is -0.252. The van der Waals surface area contributed by atoms with Crippen LogP contribution in [0.4, 0.5) is 0 Å². The number of rotatable bonds is 0. The zero-order valence-corrected chi connectivity index (χ0v) is 18.7. The molecule has 0 aromatic heterocycles. The summed E-state index contributed by atoms with van der Waals surface area (Å²) in [5.41, 5.74) is 2.35. The smallest absolute Gasteiger partial charge is 0.169 e. The molecule has 0 radical (unpaired) electrons. The van der Waals surface area contributed by atoms with Gasteiger partial charge >= 0.3 is 0 Å². The van der Waals surface area contributed by atoms with E-state index in [-0.39, 0.29) is 11.9 Å². The minimum Gasteiger partial charge on any atom is -0.393 e. The molecule has 5 fully saturated rings. The summed E-state index contributed by atoms with van der Waals surface area (Å²) in [6, 6.07) is 0. The average molecular weight is 401 g/mol. The van der Waals surface area contributed by atoms with Crippen molar-refractivity contribution in [1.29, 1.82) is 0 Å². The molecule has 2 heterocycles. The fourth-order valence-electron chi connectivity index (χ4n) is 9.06. The lowest BCUT2D eigenvalue weighted by atomic mass is 9.47. The van der Waals surface area contributed by atoms with Crippen LogP contribution in [-0.4, -0.2) is 29.7 Å². The second kappa shape index (κ2) is 6.33. The van der Waals surface area contributed by atoms with Crippen LogP contribution >= 0.6 is 0 Å². The van der Waals surface area contributed by atoms with Gasteiger partial charge in [-0.2, -0.15) is 0 Å². The number of ether oxygens (including phenoxy) is 2. The standard InChI is InChI=1S/C26H40O3/c1-16-6-11-26(28-15-16)14-22-23(29-26)13-21-19-5-4-17-12-18(27)7-9-24(17,2)20(19)8-10-25(21,22)3/h4,16,18-23,27H,5-15H2,1-3H3/t16-,18+,19-,20?,21+,22+,23+,24+,25+,26-/m1/s1. The van der Waals surface area contributed by atoms with Gasteiger partial charge in [0.25, 0.3) is 0 Å². The molecule has 2 aliphatic heterocycles. The number of allylic oxidation sites excluding steroid dienone is 1. The van der Waals surface area contributed by atoms with Gasteiger partial charge in [0.1, 0.15) is 0 Å². The Morgan fingerprint density at radius 2 is 1.90 bits per heavy atom. The van der Waals surface area contributed by atoms with E-state index < -0.39 is 0 Å². The Kier molecular flexibility index (Phi) is 4.21. The van der Waals surface area contributed by atoms with Gasteiger partial charge < -0.3 is 14.6 Å². The molecule has 1 spiro atoms. The quantitative estimate of drug-likeness (QED) is 0.548. The van der Waals surface area contributed by atoms with Crippen LogP contribution in [0, 0.1) is 40.4 Å². The third kappa shape index (κ3) is 2.66. The van der Waals surface area contributed by atoms with Gasteiger partial charge in [0.15, 0.2) is 5.79 Å². The molecule has 3 heteroatoms. The SMILES string of the molecule is C[C@@H]1CC[C@@]2(C[C@H]3[C@H](C[C@H]4[C@@H]5CC=C6C[C@@H](O)CC[C@]6(C)C5CC[C@]34C)O2)OC1. The first-order valence-corrected chi connectivity index (χ1v) is 12.5. The molecule has 162 valence electrons. The zero-order chi connectivity index (χ0) is 20.0. The molecule has 0 aromatic carbocycles. The van der Waals surface area contributed by atoms with Crippen molar-refractivity contribution in [2.45, 2.75) is 103 Å². The van der Waals surface area contributed by atoms with Gasteiger partial charge in [-0.15, -0.1) is 0 Å². The Labute approximate surface area is 176 Å². The second-order valence-electron chi connectivity index (χ2n) is 12.3. The Balaban J connectivity index is 1.25. The van der Waals surface area contributed by atoms with Crippen LogP contribution in [0.15, 0.2) is 11.6 Å². The van der Waals surface area contributed by atoms with E-state index in [0.29, 0.717) is 28.8 Å². The van der Waals surface area contributed by atoms with Crippen molar-refractivity contribution in [1.82, 2.24) is 0 Å². The van der Waals surface area contributed by atoms with Gasteiger partial charge in [-0.3, -0.25) is 0 Å². The maximum absolute atomic E-state index is 10.2. The van der Waals surface area contributed by atoms with E-state index in [1.165, 1.54) is 38.5 Å². The molecular weight excluding hydrogens is 360 g/mol. The molecular formula is C26H40O3. The van der Waals surface area contributed by atoms with E-state index in [2.05, 4.69) is 26.8 Å². The predicted molar refractivity (Wildman–Crippen MR) is 113 cm³/mol. The molecule has 2 saturated heterocycles. The van der Waals surface area contributed by atoms with E-state index in [9.17, 15) is 5.11 Å². The first kappa shape index (κ1) is 19.3. The van der Waals surface area contributed by atoms with Gasteiger partial charge in [-0.25, -0.2) is 0 Å². The van der Waals surface area contributed by atoms with Crippen LogP contribution in [-0.2, 0) is 9.47 Å². The molecule has 6 rings (SSSR count). The highest BCUT2D eigenvalue weighted by Gasteiger charge is 2.65. The summed E-state index contributed by atoms with van der Waals surface area (Å²) in [5.74, 6) is 3.55. The lowest BCUT2D eigenvalue weighted by molar-refractivity contribution is -0.255. The topological polar surface area (TPSA) is 38.7 Å². The Hall–Kier alpha value is -0.380. The second-order valence-corrected chi connectivity index (χ2v) is 12.3. The van der Waals surface area contributed by atoms with Crippen molar-refractivity contribution < 1.29 is 14.6 Å². The zero-order valence-electron chi connectivity index (χ0n) is 18.7. The van der Waals surface area contributed by atoms with Crippen molar-refractivity contribution in [2.75, 3.05) is 6.61 Å². The molecule has 0 aromatic rings. The highest BCUT2D eigenvalue weighted by molar-refractivity contribution is 5.26. The van der Waals surface area contributed by atoms with Crippen LogP contribution in [0.2, 0.25) is 0 Å². The minimum absolute atomic E-state index is 0.103. The molecule has 3 nitrogen and oxygen atoms in total. The molecule has 1 unspecified atom stereocenters. The molecule has 29 heavy (non-hydrogen) atoms. The molecule has 10 atom stereocenters. The summed E-state index contributed by atoms with van der Waals surface area (Å²) in [7, 11) is 0. The van der Waals surface area contributed by atoms with Gasteiger partial charge in [-0.05, 0) is 91.8 Å². The van der Waals surface area contributed by atoms with E-state index in [0.717, 1.165) is 50.0 Å². The van der Waals surface area contributed by atoms with Crippen molar-refractivity contribution in [3.63, 3.8) is 0 Å². The van der Waals surface area contributed by atoms with E-state index >= 15 is 0 Å². The van der Waals surface area contributed by atoms with Crippen molar-refractivity contribution in [3.05, 3.63) is 11.6 Å². The Bertz CT molecular complexity index is 707. The first-order valence-electron chi connectivity index (χ1n) is 12.5. The number of hydrogen-bond donors (Lipinski definition) is 1. The third-order valence-corrected chi connectivity index (χ3v) is 10.8. The monoisotopic (exact) mass is 400 g/mol. The maximum Gasteiger partial charge on any atom is 0.169 e. The van der Waals surface area contributed by atoms with Gasteiger partial charge in [0.2, 0.25) is 0 Å². The van der Waals surface area contributed by atoms with Crippen molar-refractivity contribution in [3.8, 4) is 0 Å². The summed E-state index contributed by atoms with van der Waals surface area (Å²) in [6.45, 7) is 8.32.